The van der Waals surface area contributed by atoms with Gasteiger partial charge in [0.1, 0.15) is 0 Å². The summed E-state index contributed by atoms with van der Waals surface area (Å²) in [6.45, 7) is 5.09. The number of hydrogen-bond donors (Lipinski definition) is 0. The maximum Gasteiger partial charge on any atom is 0.243 e. The third-order valence-electron chi connectivity index (χ3n) is 6.59. The summed E-state index contributed by atoms with van der Waals surface area (Å²) in [4.78, 5) is 26.5. The summed E-state index contributed by atoms with van der Waals surface area (Å²) in [7, 11) is -3.67. The number of piperazine rings is 1. The molecule has 1 aliphatic heterocycles. The molecule has 1 aliphatic carbocycles. The molecule has 0 aromatic heterocycles. The van der Waals surface area contributed by atoms with E-state index >= 15 is 0 Å². The van der Waals surface area contributed by atoms with Crippen LogP contribution in [0.5, 0.6) is 0 Å². The molecule has 7 heteroatoms. The van der Waals surface area contributed by atoms with Crippen LogP contribution in [-0.4, -0.2) is 55.5 Å². The normalized spacial score (nSPS) is 23.3. The van der Waals surface area contributed by atoms with Gasteiger partial charge in [0, 0.05) is 37.7 Å². The van der Waals surface area contributed by atoms with E-state index in [0.29, 0.717) is 31.7 Å². The van der Waals surface area contributed by atoms with E-state index in [1.807, 2.05) is 4.90 Å². The molecular formula is C23H34N2O4S. The van der Waals surface area contributed by atoms with Gasteiger partial charge in [-0.2, -0.15) is 4.31 Å². The van der Waals surface area contributed by atoms with Crippen molar-refractivity contribution in [3.05, 3.63) is 29.8 Å². The van der Waals surface area contributed by atoms with Gasteiger partial charge in [0.05, 0.1) is 4.90 Å². The Balaban J connectivity index is 1.55. The van der Waals surface area contributed by atoms with Gasteiger partial charge in [0.2, 0.25) is 15.9 Å². The smallest absolute Gasteiger partial charge is 0.243 e. The molecule has 1 heterocycles. The van der Waals surface area contributed by atoms with Crippen LogP contribution in [-0.2, 0) is 14.8 Å². The van der Waals surface area contributed by atoms with Gasteiger partial charge in [-0.1, -0.05) is 38.3 Å². The lowest BCUT2D eigenvalue weighted by Crippen LogP contribution is -2.52. The van der Waals surface area contributed by atoms with E-state index in [1.165, 1.54) is 42.6 Å². The van der Waals surface area contributed by atoms with Crippen molar-refractivity contribution in [1.82, 2.24) is 9.21 Å². The summed E-state index contributed by atoms with van der Waals surface area (Å²) in [6.07, 6.45) is 7.97. The number of ketones is 1. The molecule has 3 rings (SSSR count). The molecule has 1 saturated carbocycles. The van der Waals surface area contributed by atoms with E-state index in [1.54, 1.807) is 12.1 Å². The van der Waals surface area contributed by atoms with Gasteiger partial charge in [0.15, 0.2) is 5.78 Å². The van der Waals surface area contributed by atoms with Crippen molar-refractivity contribution < 1.29 is 18.0 Å². The predicted octanol–water partition coefficient (Wildman–Crippen LogP) is 3.72. The zero-order valence-electron chi connectivity index (χ0n) is 18.2. The Kier molecular flexibility index (Phi) is 7.69. The zero-order chi connectivity index (χ0) is 21.7. The van der Waals surface area contributed by atoms with Crippen LogP contribution in [0.1, 0.15) is 69.2 Å². The molecule has 0 unspecified atom stereocenters. The summed E-state index contributed by atoms with van der Waals surface area (Å²) in [5, 5.41) is 0. The molecule has 0 atom stereocenters. The Morgan fingerprint density at radius 1 is 1.03 bits per heavy atom. The van der Waals surface area contributed by atoms with Gasteiger partial charge < -0.3 is 4.90 Å². The van der Waals surface area contributed by atoms with E-state index in [9.17, 15) is 18.0 Å². The average molecular weight is 435 g/mol. The van der Waals surface area contributed by atoms with Crippen LogP contribution in [0, 0.1) is 11.8 Å². The van der Waals surface area contributed by atoms with Gasteiger partial charge in [-0.15, -0.1) is 0 Å². The Morgan fingerprint density at radius 2 is 1.70 bits per heavy atom. The fraction of sp³-hybridized carbons (Fsp3) is 0.652. The average Bonchev–Trinajstić information content (AvgIpc) is 2.77. The Hall–Kier alpha value is -1.73. The van der Waals surface area contributed by atoms with Gasteiger partial charge in [-0.05, 0) is 50.7 Å². The Labute approximate surface area is 180 Å². The summed E-state index contributed by atoms with van der Waals surface area (Å²) in [5.41, 5.74) is 0.388. The highest BCUT2D eigenvalue weighted by Crippen LogP contribution is 2.33. The van der Waals surface area contributed by atoms with Crippen LogP contribution in [0.4, 0.5) is 0 Å². The molecule has 0 bridgehead atoms. The highest BCUT2D eigenvalue weighted by molar-refractivity contribution is 7.89. The first kappa shape index (κ1) is 22.9. The summed E-state index contributed by atoms with van der Waals surface area (Å²) in [6, 6.07) is 6.18. The second-order valence-electron chi connectivity index (χ2n) is 8.67. The highest BCUT2D eigenvalue weighted by atomic mass is 32.2. The quantitative estimate of drug-likeness (QED) is 0.613. The lowest BCUT2D eigenvalue weighted by molar-refractivity contribution is -0.138. The number of hydrogen-bond acceptors (Lipinski definition) is 4. The first-order valence-corrected chi connectivity index (χ1v) is 12.7. The van der Waals surface area contributed by atoms with Crippen molar-refractivity contribution in [2.75, 3.05) is 26.2 Å². The van der Waals surface area contributed by atoms with Crippen LogP contribution >= 0.6 is 0 Å². The second-order valence-corrected chi connectivity index (χ2v) is 10.6. The lowest BCUT2D eigenvalue weighted by atomic mass is 9.79. The molecule has 0 N–H and O–H groups in total. The van der Waals surface area contributed by atoms with Crippen molar-refractivity contribution in [2.45, 2.75) is 63.7 Å². The topological polar surface area (TPSA) is 74.8 Å². The zero-order valence-corrected chi connectivity index (χ0v) is 19.0. The Bertz CT molecular complexity index is 852. The minimum absolute atomic E-state index is 0.0956. The van der Waals surface area contributed by atoms with Crippen molar-refractivity contribution in [2.24, 2.45) is 11.8 Å². The van der Waals surface area contributed by atoms with Gasteiger partial charge in [-0.3, -0.25) is 9.59 Å². The summed E-state index contributed by atoms with van der Waals surface area (Å²) in [5.74, 6) is 0.895. The fourth-order valence-electron chi connectivity index (χ4n) is 4.62. The molecule has 1 aromatic rings. The molecule has 0 spiro atoms. The van der Waals surface area contributed by atoms with E-state index in [-0.39, 0.29) is 22.5 Å². The molecule has 1 amide bonds. The van der Waals surface area contributed by atoms with Crippen molar-refractivity contribution in [3.8, 4) is 0 Å². The first-order valence-electron chi connectivity index (χ1n) is 11.2. The molecule has 166 valence electrons. The van der Waals surface area contributed by atoms with Gasteiger partial charge in [0.25, 0.3) is 0 Å². The molecule has 0 radical (unpaired) electrons. The lowest BCUT2D eigenvalue weighted by Gasteiger charge is -2.37. The minimum atomic E-state index is -3.67. The third kappa shape index (κ3) is 5.30. The van der Waals surface area contributed by atoms with Crippen molar-refractivity contribution >= 4 is 21.7 Å². The molecule has 6 nitrogen and oxygen atoms in total. The SMILES string of the molecule is CCCCC1CCC(C(=O)N2CCN(S(=O)(=O)c3cccc(C(C)=O)c3)CC2)CC1. The Morgan fingerprint density at radius 3 is 2.30 bits per heavy atom. The number of nitrogens with zero attached hydrogens (tertiary/aromatic N) is 2. The van der Waals surface area contributed by atoms with Crippen LogP contribution in [0.2, 0.25) is 0 Å². The highest BCUT2D eigenvalue weighted by Gasteiger charge is 2.34. The monoisotopic (exact) mass is 434 g/mol. The molecule has 1 saturated heterocycles. The second kappa shape index (κ2) is 10.1. The fourth-order valence-corrected chi connectivity index (χ4v) is 6.09. The van der Waals surface area contributed by atoms with Crippen LogP contribution < -0.4 is 0 Å². The number of carbonyl (C=O) groups excluding carboxylic acids is 2. The molecule has 30 heavy (non-hydrogen) atoms. The minimum Gasteiger partial charge on any atom is -0.340 e. The maximum absolute atomic E-state index is 13.0. The largest absolute Gasteiger partial charge is 0.340 e. The molecule has 1 aromatic carbocycles. The van der Waals surface area contributed by atoms with E-state index in [4.69, 9.17) is 0 Å². The number of rotatable bonds is 7. The standard InChI is InChI=1S/C23H34N2O4S/c1-3-4-6-19-9-11-20(12-10-19)23(27)24-13-15-25(16-14-24)30(28,29)22-8-5-7-21(17-22)18(2)26/h5,7-8,17,19-20H,3-4,6,9-16H2,1-2H3. The third-order valence-corrected chi connectivity index (χ3v) is 8.49. The van der Waals surface area contributed by atoms with Crippen LogP contribution in [0.15, 0.2) is 29.2 Å². The molecule has 2 aliphatic rings. The van der Waals surface area contributed by atoms with E-state index in [0.717, 1.165) is 31.6 Å². The predicted molar refractivity (Wildman–Crippen MR) is 117 cm³/mol. The maximum atomic E-state index is 13.0. The van der Waals surface area contributed by atoms with Gasteiger partial charge in [-0.25, -0.2) is 8.42 Å². The number of amides is 1. The first-order chi connectivity index (χ1) is 14.3. The number of benzene rings is 1. The van der Waals surface area contributed by atoms with Crippen molar-refractivity contribution in [1.29, 1.82) is 0 Å². The number of sulfonamides is 1. The summed E-state index contributed by atoms with van der Waals surface area (Å²) >= 11 is 0. The van der Waals surface area contributed by atoms with E-state index in [2.05, 4.69) is 6.92 Å². The summed E-state index contributed by atoms with van der Waals surface area (Å²) < 4.78 is 27.4. The number of unbranched alkanes of at least 4 members (excludes halogenated alkanes) is 1. The molecular weight excluding hydrogens is 400 g/mol. The number of carbonyl (C=O) groups is 2. The van der Waals surface area contributed by atoms with E-state index < -0.39 is 10.0 Å². The van der Waals surface area contributed by atoms with Gasteiger partial charge >= 0.3 is 0 Å². The van der Waals surface area contributed by atoms with Crippen LogP contribution in [0.25, 0.3) is 0 Å². The van der Waals surface area contributed by atoms with Crippen LogP contribution in [0.3, 0.4) is 0 Å². The van der Waals surface area contributed by atoms with Crippen molar-refractivity contribution in [3.63, 3.8) is 0 Å². The molecule has 2 fully saturated rings. The number of Topliss-reactive ketones (excluding diaryl/α,β-unsaturated/α-hetero) is 1.